The minimum Gasteiger partial charge on any atom is -0.370 e. The van der Waals surface area contributed by atoms with Gasteiger partial charge in [0, 0.05) is 17.2 Å². The topological polar surface area (TPSA) is 50.4 Å². The Balaban J connectivity index is 2.86. The average molecular weight is 242 g/mol. The van der Waals surface area contributed by atoms with Gasteiger partial charge in [-0.15, -0.1) is 0 Å². The van der Waals surface area contributed by atoms with E-state index in [0.717, 1.165) is 10.2 Å². The quantitative estimate of drug-likeness (QED) is 0.585. The van der Waals surface area contributed by atoms with Gasteiger partial charge in [-0.05, 0) is 24.6 Å². The number of hydrogen-bond donors (Lipinski definition) is 2. The summed E-state index contributed by atoms with van der Waals surface area (Å²) in [6.45, 7) is 2.03. The highest BCUT2D eigenvalue weighted by atomic mass is 79.9. The highest BCUT2D eigenvalue weighted by Crippen LogP contribution is 2.20. The van der Waals surface area contributed by atoms with Gasteiger partial charge in [0.25, 0.3) is 0 Å². The fraction of sp³-hybridized carbons (Fsp3) is 0.222. The molecule has 0 aliphatic carbocycles. The van der Waals surface area contributed by atoms with E-state index in [1.807, 2.05) is 25.1 Å². The van der Waals surface area contributed by atoms with Crippen LogP contribution in [0.3, 0.4) is 0 Å². The van der Waals surface area contributed by atoms with Gasteiger partial charge in [0.2, 0.25) is 0 Å². The van der Waals surface area contributed by atoms with E-state index in [4.69, 9.17) is 5.73 Å². The van der Waals surface area contributed by atoms with Crippen molar-refractivity contribution < 1.29 is 0 Å². The van der Waals surface area contributed by atoms with Crippen molar-refractivity contribution in [2.45, 2.75) is 6.92 Å². The number of nitrogens with one attached hydrogen (secondary N) is 1. The third kappa shape index (κ3) is 2.73. The summed E-state index contributed by atoms with van der Waals surface area (Å²) >= 11 is 3.44. The Kier molecular flexibility index (Phi) is 3.31. The van der Waals surface area contributed by atoms with Gasteiger partial charge in [-0.3, -0.25) is 4.99 Å². The zero-order valence-electron chi connectivity index (χ0n) is 7.63. The molecule has 0 aromatic heterocycles. The van der Waals surface area contributed by atoms with Crippen LogP contribution < -0.4 is 11.1 Å². The Labute approximate surface area is 86.2 Å². The molecule has 3 nitrogen and oxygen atoms in total. The van der Waals surface area contributed by atoms with Crippen molar-refractivity contribution >= 4 is 27.6 Å². The predicted octanol–water partition coefficient (Wildman–Crippen LogP) is 2.11. The predicted molar refractivity (Wildman–Crippen MR) is 60.0 cm³/mol. The van der Waals surface area contributed by atoms with Crippen LogP contribution in [0.15, 0.2) is 27.7 Å². The summed E-state index contributed by atoms with van der Waals surface area (Å²) in [5.41, 5.74) is 7.64. The number of hydrogen-bond acceptors (Lipinski definition) is 1. The van der Waals surface area contributed by atoms with Gasteiger partial charge in [0.05, 0.1) is 0 Å². The smallest absolute Gasteiger partial charge is 0.192 e. The summed E-state index contributed by atoms with van der Waals surface area (Å²) in [5, 5.41) is 2.96. The van der Waals surface area contributed by atoms with Crippen LogP contribution in [-0.4, -0.2) is 13.0 Å². The van der Waals surface area contributed by atoms with Crippen LogP contribution in [0.4, 0.5) is 5.69 Å². The first-order valence-electron chi connectivity index (χ1n) is 3.89. The molecule has 13 heavy (non-hydrogen) atoms. The summed E-state index contributed by atoms with van der Waals surface area (Å²) in [6.07, 6.45) is 0. The Bertz CT molecular complexity index is 334. The van der Waals surface area contributed by atoms with Crippen molar-refractivity contribution in [3.8, 4) is 0 Å². The molecule has 0 amide bonds. The first-order chi connectivity index (χ1) is 6.13. The molecule has 1 aromatic carbocycles. The molecule has 0 unspecified atom stereocenters. The lowest BCUT2D eigenvalue weighted by atomic mass is 10.2. The van der Waals surface area contributed by atoms with Gasteiger partial charge < -0.3 is 11.1 Å². The number of aliphatic imine (C=N–C) groups is 1. The Hall–Kier alpha value is -1.03. The van der Waals surface area contributed by atoms with Crippen molar-refractivity contribution in [3.63, 3.8) is 0 Å². The molecule has 0 heterocycles. The van der Waals surface area contributed by atoms with Crippen LogP contribution in [0.25, 0.3) is 0 Å². The molecule has 0 saturated heterocycles. The van der Waals surface area contributed by atoms with E-state index in [1.165, 1.54) is 5.56 Å². The fourth-order valence-electron chi connectivity index (χ4n) is 0.874. The van der Waals surface area contributed by atoms with Crippen molar-refractivity contribution in [1.82, 2.24) is 0 Å². The lowest BCUT2D eigenvalue weighted by Gasteiger charge is -2.06. The Morgan fingerprint density at radius 3 is 2.77 bits per heavy atom. The zero-order valence-corrected chi connectivity index (χ0v) is 9.22. The largest absolute Gasteiger partial charge is 0.370 e. The summed E-state index contributed by atoms with van der Waals surface area (Å²) in [4.78, 5) is 3.80. The van der Waals surface area contributed by atoms with Gasteiger partial charge >= 0.3 is 0 Å². The molecule has 1 rings (SSSR count). The molecule has 0 fully saturated rings. The van der Waals surface area contributed by atoms with E-state index in [9.17, 15) is 0 Å². The van der Waals surface area contributed by atoms with E-state index in [-0.39, 0.29) is 0 Å². The van der Waals surface area contributed by atoms with Crippen molar-refractivity contribution in [1.29, 1.82) is 0 Å². The maximum absolute atomic E-state index is 5.52. The lowest BCUT2D eigenvalue weighted by Crippen LogP contribution is -2.21. The maximum atomic E-state index is 5.52. The van der Waals surface area contributed by atoms with Gasteiger partial charge in [0.1, 0.15) is 0 Å². The normalized spacial score (nSPS) is 11.5. The van der Waals surface area contributed by atoms with E-state index >= 15 is 0 Å². The highest BCUT2D eigenvalue weighted by molar-refractivity contribution is 9.10. The summed E-state index contributed by atoms with van der Waals surface area (Å²) < 4.78 is 1.06. The monoisotopic (exact) mass is 241 g/mol. The van der Waals surface area contributed by atoms with Crippen LogP contribution in [-0.2, 0) is 0 Å². The third-order valence-corrected chi connectivity index (χ3v) is 2.54. The van der Waals surface area contributed by atoms with E-state index in [1.54, 1.807) is 7.05 Å². The molecular weight excluding hydrogens is 230 g/mol. The second-order valence-corrected chi connectivity index (χ2v) is 3.55. The van der Waals surface area contributed by atoms with Gasteiger partial charge in [0.15, 0.2) is 5.96 Å². The molecule has 0 bridgehead atoms. The minimum absolute atomic E-state index is 0.413. The lowest BCUT2D eigenvalue weighted by molar-refractivity contribution is 1.37. The minimum atomic E-state index is 0.413. The molecule has 70 valence electrons. The molecule has 3 N–H and O–H groups in total. The number of nitrogens with two attached hydrogens (primary N) is 1. The molecule has 0 aliphatic rings. The molecule has 0 atom stereocenters. The first kappa shape index (κ1) is 10.1. The van der Waals surface area contributed by atoms with Crippen LogP contribution in [0, 0.1) is 6.92 Å². The summed E-state index contributed by atoms with van der Waals surface area (Å²) in [5.74, 6) is 0.413. The maximum Gasteiger partial charge on any atom is 0.192 e. The third-order valence-electron chi connectivity index (χ3n) is 1.69. The number of guanidine groups is 1. The Morgan fingerprint density at radius 1 is 1.54 bits per heavy atom. The fourth-order valence-corrected chi connectivity index (χ4v) is 1.25. The SMILES string of the molecule is CN=C(N)Nc1ccc(C)c(Br)c1. The van der Waals surface area contributed by atoms with E-state index < -0.39 is 0 Å². The number of halogens is 1. The molecule has 1 aromatic rings. The molecular formula is C9H12BrN3. The van der Waals surface area contributed by atoms with Crippen LogP contribution in [0.2, 0.25) is 0 Å². The molecule has 4 heteroatoms. The van der Waals surface area contributed by atoms with Crippen molar-refractivity contribution in [2.24, 2.45) is 10.7 Å². The number of nitrogens with zero attached hydrogens (tertiary/aromatic N) is 1. The number of anilines is 1. The van der Waals surface area contributed by atoms with Crippen LogP contribution >= 0.6 is 15.9 Å². The molecule has 0 aliphatic heterocycles. The molecule has 0 spiro atoms. The number of aryl methyl sites for hydroxylation is 1. The Morgan fingerprint density at radius 2 is 2.23 bits per heavy atom. The second-order valence-electron chi connectivity index (χ2n) is 2.70. The molecule has 0 radical (unpaired) electrons. The van der Waals surface area contributed by atoms with Crippen LogP contribution in [0.5, 0.6) is 0 Å². The van der Waals surface area contributed by atoms with Gasteiger partial charge in [-0.1, -0.05) is 22.0 Å². The summed E-state index contributed by atoms with van der Waals surface area (Å²) in [7, 11) is 1.64. The highest BCUT2D eigenvalue weighted by Gasteiger charge is 1.97. The number of benzene rings is 1. The average Bonchev–Trinajstić information content (AvgIpc) is 2.11. The standard InChI is InChI=1S/C9H12BrN3/c1-6-3-4-7(5-8(6)10)13-9(11)12-2/h3-5H,1-2H3,(H3,11,12,13). The number of rotatable bonds is 1. The second kappa shape index (κ2) is 4.28. The molecule has 0 saturated carbocycles. The first-order valence-corrected chi connectivity index (χ1v) is 4.68. The van der Waals surface area contributed by atoms with Crippen molar-refractivity contribution in [2.75, 3.05) is 12.4 Å². The van der Waals surface area contributed by atoms with E-state index in [0.29, 0.717) is 5.96 Å². The van der Waals surface area contributed by atoms with Crippen molar-refractivity contribution in [3.05, 3.63) is 28.2 Å². The summed E-state index contributed by atoms with van der Waals surface area (Å²) in [6, 6.07) is 5.93. The van der Waals surface area contributed by atoms with Gasteiger partial charge in [-0.2, -0.15) is 0 Å². The van der Waals surface area contributed by atoms with Gasteiger partial charge in [-0.25, -0.2) is 0 Å². The zero-order chi connectivity index (χ0) is 9.84. The van der Waals surface area contributed by atoms with Crippen LogP contribution in [0.1, 0.15) is 5.56 Å². The van der Waals surface area contributed by atoms with E-state index in [2.05, 4.69) is 26.2 Å².